The summed E-state index contributed by atoms with van der Waals surface area (Å²) in [6, 6.07) is 8.21. The van der Waals surface area contributed by atoms with Gasteiger partial charge in [-0.05, 0) is 31.2 Å². The zero-order valence-electron chi connectivity index (χ0n) is 15.5. The smallest absolute Gasteiger partial charge is 0.338 e. The summed E-state index contributed by atoms with van der Waals surface area (Å²) in [5.74, 6) is -0.919. The van der Waals surface area contributed by atoms with Gasteiger partial charge < -0.3 is 20.7 Å². The van der Waals surface area contributed by atoms with Crippen molar-refractivity contribution in [2.24, 2.45) is 0 Å². The Balaban J connectivity index is 1.83. The summed E-state index contributed by atoms with van der Waals surface area (Å²) >= 11 is 0. The Morgan fingerprint density at radius 1 is 1.30 bits per heavy atom. The van der Waals surface area contributed by atoms with Crippen molar-refractivity contribution in [1.29, 1.82) is 5.26 Å². The Morgan fingerprint density at radius 3 is 2.63 bits per heavy atom. The second-order valence-corrected chi connectivity index (χ2v) is 5.97. The predicted molar refractivity (Wildman–Crippen MR) is 102 cm³/mol. The molecule has 0 saturated carbocycles. The summed E-state index contributed by atoms with van der Waals surface area (Å²) in [4.78, 5) is 26.1. The van der Waals surface area contributed by atoms with Crippen LogP contribution >= 0.6 is 0 Å². The van der Waals surface area contributed by atoms with E-state index < -0.39 is 11.9 Å². The Kier molecular flexibility index (Phi) is 8.29. The maximum atomic E-state index is 12.2. The number of anilines is 1. The quantitative estimate of drug-likeness (QED) is 0.267. The second-order valence-electron chi connectivity index (χ2n) is 5.97. The standard InChI is InChI=1S/C19H25N5O3/c1-2-27-19(26)15-3-5-17(6-4-15)23-18(25)16(13-20)14-22-9-12-24-10-7-21-8-11-24/h3-6,14,21-22H,2,7-12H2,1H3,(H,23,25)/b16-14-. The summed E-state index contributed by atoms with van der Waals surface area (Å²) < 4.78 is 4.91. The third-order valence-corrected chi connectivity index (χ3v) is 4.05. The Bertz CT molecular complexity index is 703. The highest BCUT2D eigenvalue weighted by Gasteiger charge is 2.11. The third kappa shape index (κ3) is 6.73. The average molecular weight is 371 g/mol. The van der Waals surface area contributed by atoms with Crippen LogP contribution in [0.4, 0.5) is 5.69 Å². The fourth-order valence-electron chi connectivity index (χ4n) is 2.58. The minimum absolute atomic E-state index is 0.00946. The number of nitriles is 1. The highest BCUT2D eigenvalue weighted by Crippen LogP contribution is 2.11. The van der Waals surface area contributed by atoms with Crippen LogP contribution in [-0.4, -0.2) is 62.7 Å². The molecule has 0 atom stereocenters. The summed E-state index contributed by atoms with van der Waals surface area (Å²) in [5.41, 5.74) is 0.889. The van der Waals surface area contributed by atoms with Gasteiger partial charge in [0.1, 0.15) is 11.6 Å². The van der Waals surface area contributed by atoms with E-state index in [-0.39, 0.29) is 5.57 Å². The highest BCUT2D eigenvalue weighted by atomic mass is 16.5. The minimum Gasteiger partial charge on any atom is -0.462 e. The summed E-state index contributed by atoms with van der Waals surface area (Å²) in [7, 11) is 0. The lowest BCUT2D eigenvalue weighted by Gasteiger charge is -2.26. The zero-order valence-corrected chi connectivity index (χ0v) is 15.5. The number of hydrogen-bond donors (Lipinski definition) is 3. The van der Waals surface area contributed by atoms with Gasteiger partial charge in [0.25, 0.3) is 5.91 Å². The van der Waals surface area contributed by atoms with E-state index in [0.29, 0.717) is 24.4 Å². The van der Waals surface area contributed by atoms with Gasteiger partial charge in [0.05, 0.1) is 12.2 Å². The molecule has 0 spiro atoms. The molecular formula is C19H25N5O3. The molecule has 1 aromatic carbocycles. The van der Waals surface area contributed by atoms with Crippen LogP contribution in [0.25, 0.3) is 0 Å². The molecule has 1 aliphatic heterocycles. The van der Waals surface area contributed by atoms with E-state index in [4.69, 9.17) is 4.74 Å². The summed E-state index contributed by atoms with van der Waals surface area (Å²) in [6.07, 6.45) is 1.44. The molecule has 0 bridgehead atoms. The first-order valence-electron chi connectivity index (χ1n) is 8.99. The van der Waals surface area contributed by atoms with Crippen molar-refractivity contribution < 1.29 is 14.3 Å². The van der Waals surface area contributed by atoms with Crippen molar-refractivity contribution in [2.75, 3.05) is 51.2 Å². The number of esters is 1. The molecule has 27 heavy (non-hydrogen) atoms. The molecule has 1 amide bonds. The van der Waals surface area contributed by atoms with Gasteiger partial charge in [0.2, 0.25) is 0 Å². The van der Waals surface area contributed by atoms with Crippen LogP contribution in [0.15, 0.2) is 36.0 Å². The van der Waals surface area contributed by atoms with Gasteiger partial charge in [-0.15, -0.1) is 0 Å². The fraction of sp³-hybridized carbons (Fsp3) is 0.421. The fourth-order valence-corrected chi connectivity index (χ4v) is 2.58. The number of piperazine rings is 1. The van der Waals surface area contributed by atoms with Crippen molar-refractivity contribution in [1.82, 2.24) is 15.5 Å². The first-order valence-corrected chi connectivity index (χ1v) is 8.99. The molecule has 8 heteroatoms. The van der Waals surface area contributed by atoms with Crippen molar-refractivity contribution in [2.45, 2.75) is 6.92 Å². The maximum Gasteiger partial charge on any atom is 0.338 e. The van der Waals surface area contributed by atoms with E-state index in [1.807, 2.05) is 6.07 Å². The Hall–Kier alpha value is -2.89. The van der Waals surface area contributed by atoms with Crippen LogP contribution in [0.2, 0.25) is 0 Å². The van der Waals surface area contributed by atoms with Gasteiger partial charge in [-0.25, -0.2) is 4.79 Å². The number of hydrogen-bond acceptors (Lipinski definition) is 7. The SMILES string of the molecule is CCOC(=O)c1ccc(NC(=O)/C(C#N)=C\NCCN2CCNCC2)cc1. The first-order chi connectivity index (χ1) is 13.1. The number of nitrogens with one attached hydrogen (secondary N) is 3. The van der Waals surface area contributed by atoms with E-state index in [0.717, 1.165) is 32.7 Å². The summed E-state index contributed by atoms with van der Waals surface area (Å²) in [5, 5.41) is 18.2. The lowest BCUT2D eigenvalue weighted by atomic mass is 10.2. The molecule has 8 nitrogen and oxygen atoms in total. The molecule has 0 aromatic heterocycles. The highest BCUT2D eigenvalue weighted by molar-refractivity contribution is 6.06. The van der Waals surface area contributed by atoms with Crippen LogP contribution in [0.3, 0.4) is 0 Å². The number of carbonyl (C=O) groups is 2. The van der Waals surface area contributed by atoms with E-state index >= 15 is 0 Å². The van der Waals surface area contributed by atoms with Crippen molar-refractivity contribution in [3.63, 3.8) is 0 Å². The molecule has 3 N–H and O–H groups in total. The molecule has 1 aliphatic rings. The van der Waals surface area contributed by atoms with E-state index in [1.165, 1.54) is 6.20 Å². The minimum atomic E-state index is -0.504. The van der Waals surface area contributed by atoms with Crippen molar-refractivity contribution in [3.05, 3.63) is 41.6 Å². The average Bonchev–Trinajstić information content (AvgIpc) is 2.69. The Morgan fingerprint density at radius 2 is 2.00 bits per heavy atom. The molecule has 1 saturated heterocycles. The molecular weight excluding hydrogens is 346 g/mol. The molecule has 0 unspecified atom stereocenters. The van der Waals surface area contributed by atoms with E-state index in [1.54, 1.807) is 31.2 Å². The molecule has 1 fully saturated rings. The number of carbonyl (C=O) groups excluding carboxylic acids is 2. The summed E-state index contributed by atoms with van der Waals surface area (Å²) in [6.45, 7) is 7.51. The van der Waals surface area contributed by atoms with Gasteiger partial charge in [-0.2, -0.15) is 5.26 Å². The third-order valence-electron chi connectivity index (χ3n) is 4.05. The van der Waals surface area contributed by atoms with Gasteiger partial charge in [-0.3, -0.25) is 9.69 Å². The molecule has 2 rings (SSSR count). The van der Waals surface area contributed by atoms with Crippen LogP contribution < -0.4 is 16.0 Å². The number of amides is 1. The first kappa shape index (κ1) is 20.4. The van der Waals surface area contributed by atoms with Crippen LogP contribution in [-0.2, 0) is 9.53 Å². The zero-order chi connectivity index (χ0) is 19.5. The monoisotopic (exact) mass is 371 g/mol. The normalized spacial score (nSPS) is 14.9. The molecule has 0 aliphatic carbocycles. The van der Waals surface area contributed by atoms with Gasteiger partial charge in [0, 0.05) is 51.2 Å². The van der Waals surface area contributed by atoms with Crippen LogP contribution in [0.5, 0.6) is 0 Å². The molecule has 1 heterocycles. The molecule has 0 radical (unpaired) electrons. The lowest BCUT2D eigenvalue weighted by molar-refractivity contribution is -0.112. The predicted octanol–water partition coefficient (Wildman–Crippen LogP) is 0.704. The van der Waals surface area contributed by atoms with Gasteiger partial charge in [0.15, 0.2) is 0 Å². The van der Waals surface area contributed by atoms with E-state index in [2.05, 4.69) is 20.9 Å². The number of rotatable bonds is 8. The van der Waals surface area contributed by atoms with Gasteiger partial charge >= 0.3 is 5.97 Å². The molecule has 144 valence electrons. The second kappa shape index (κ2) is 11.0. The van der Waals surface area contributed by atoms with Crippen LogP contribution in [0, 0.1) is 11.3 Å². The van der Waals surface area contributed by atoms with Crippen LogP contribution in [0.1, 0.15) is 17.3 Å². The number of benzene rings is 1. The van der Waals surface area contributed by atoms with Crippen molar-refractivity contribution >= 4 is 17.6 Å². The maximum absolute atomic E-state index is 12.2. The number of ether oxygens (including phenoxy) is 1. The lowest BCUT2D eigenvalue weighted by Crippen LogP contribution is -2.45. The van der Waals surface area contributed by atoms with E-state index in [9.17, 15) is 14.9 Å². The Labute approximate surface area is 159 Å². The van der Waals surface area contributed by atoms with Crippen molar-refractivity contribution in [3.8, 4) is 6.07 Å². The molecule has 1 aromatic rings. The number of nitrogens with zero attached hydrogens (tertiary/aromatic N) is 2. The van der Waals surface area contributed by atoms with Gasteiger partial charge in [-0.1, -0.05) is 0 Å². The topological polar surface area (TPSA) is 106 Å². The largest absolute Gasteiger partial charge is 0.462 e.